The molecule has 0 bridgehead atoms. The van der Waals surface area contributed by atoms with Crippen LogP contribution in [-0.2, 0) is 11.2 Å². The normalized spacial score (nSPS) is 11.8. The van der Waals surface area contributed by atoms with Crippen molar-refractivity contribution in [3.05, 3.63) is 29.8 Å². The average Bonchev–Trinajstić information content (AvgIpc) is 2.62. The topological polar surface area (TPSA) is 20.3 Å². The molecule has 1 rings (SSSR count). The molecule has 1 aromatic carbocycles. The molecule has 1 unspecified atom stereocenters. The summed E-state index contributed by atoms with van der Waals surface area (Å²) in [6.45, 7) is 12.8. The van der Waals surface area contributed by atoms with Gasteiger partial charge in [0.15, 0.2) is 0 Å². The number of amides is 1. The molecule has 0 N–H and O–H groups in total. The smallest absolute Gasteiger partial charge is 0.226 e. The Bertz CT molecular complexity index is 517. The molecule has 1 aromatic rings. The van der Waals surface area contributed by atoms with E-state index in [-0.39, 0.29) is 0 Å². The zero-order valence-electron chi connectivity index (χ0n) is 18.4. The highest BCUT2D eigenvalue weighted by molar-refractivity contribution is 7.48. The van der Waals surface area contributed by atoms with Crippen molar-refractivity contribution in [2.24, 2.45) is 11.8 Å². The molecular weight excluding hydrogens is 349 g/mol. The number of benzene rings is 1. The van der Waals surface area contributed by atoms with Crippen LogP contribution in [0.4, 0.5) is 0 Å². The molecule has 0 aliphatic heterocycles. The Hall–Kier alpha value is -0.880. The maximum atomic E-state index is 12.8. The summed E-state index contributed by atoms with van der Waals surface area (Å²) in [6, 6.07) is 8.76. The van der Waals surface area contributed by atoms with Crippen LogP contribution >= 0.6 is 8.58 Å². The molecule has 0 aliphatic carbocycles. The van der Waals surface area contributed by atoms with E-state index in [0.717, 1.165) is 19.5 Å². The summed E-state index contributed by atoms with van der Waals surface area (Å²) in [5, 5.41) is 1.40. The van der Waals surface area contributed by atoms with Gasteiger partial charge in [0.05, 0.1) is 0 Å². The number of aryl methyl sites for hydroxylation is 1. The zero-order valence-corrected chi connectivity index (χ0v) is 19.4. The number of unbranched alkanes of at least 4 members (excludes halogenated alkanes) is 5. The quantitative estimate of drug-likeness (QED) is 0.280. The van der Waals surface area contributed by atoms with Crippen LogP contribution in [-0.4, -0.2) is 30.1 Å². The molecule has 3 heteroatoms. The minimum atomic E-state index is 0.324. The van der Waals surface area contributed by atoms with Gasteiger partial charge in [0.25, 0.3) is 0 Å². The lowest BCUT2D eigenvalue weighted by molar-refractivity contribution is -0.129. The van der Waals surface area contributed by atoms with Gasteiger partial charge in [0.1, 0.15) is 0 Å². The fraction of sp³-hybridized carbons (Fsp3) is 0.708. The third kappa shape index (κ3) is 10.9. The second kappa shape index (κ2) is 14.2. The first-order valence-corrected chi connectivity index (χ1v) is 12.2. The number of hydrogen-bond donors (Lipinski definition) is 0. The molecule has 0 aliphatic rings. The molecule has 0 saturated heterocycles. The van der Waals surface area contributed by atoms with Crippen molar-refractivity contribution in [1.29, 1.82) is 0 Å². The van der Waals surface area contributed by atoms with E-state index in [2.05, 4.69) is 63.8 Å². The first-order valence-electron chi connectivity index (χ1n) is 11.0. The standard InChI is InChI=1S/C24H42NOP/c1-6-7-8-9-10-11-14-22-15-12-13-16-23(22)27-19-24(26)25(17-20(2)3)18-21(4)5/h12-13,15-16,20-21,27H,6-11,14,17-19H2,1-5H3. The van der Waals surface area contributed by atoms with Crippen LogP contribution in [0.3, 0.4) is 0 Å². The summed E-state index contributed by atoms with van der Waals surface area (Å²) in [7, 11) is 0.591. The largest absolute Gasteiger partial charge is 0.342 e. The zero-order chi connectivity index (χ0) is 20.1. The second-order valence-electron chi connectivity index (χ2n) is 8.61. The van der Waals surface area contributed by atoms with E-state index < -0.39 is 0 Å². The molecule has 0 aromatic heterocycles. The number of rotatable bonds is 14. The number of nitrogens with zero attached hydrogens (tertiary/aromatic N) is 1. The summed E-state index contributed by atoms with van der Waals surface area (Å²) in [5.41, 5.74) is 1.46. The van der Waals surface area contributed by atoms with E-state index in [0.29, 0.717) is 32.5 Å². The van der Waals surface area contributed by atoms with E-state index in [1.54, 1.807) is 0 Å². The van der Waals surface area contributed by atoms with Crippen LogP contribution < -0.4 is 5.30 Å². The maximum Gasteiger partial charge on any atom is 0.226 e. The summed E-state index contributed by atoms with van der Waals surface area (Å²) in [4.78, 5) is 14.9. The third-order valence-corrected chi connectivity index (χ3v) is 6.12. The Balaban J connectivity index is 2.53. The molecule has 27 heavy (non-hydrogen) atoms. The Morgan fingerprint density at radius 1 is 0.926 bits per heavy atom. The van der Waals surface area contributed by atoms with E-state index in [1.165, 1.54) is 49.4 Å². The molecule has 0 radical (unpaired) electrons. The minimum Gasteiger partial charge on any atom is -0.342 e. The van der Waals surface area contributed by atoms with E-state index in [9.17, 15) is 4.79 Å². The maximum absolute atomic E-state index is 12.8. The first-order chi connectivity index (χ1) is 12.9. The molecule has 0 fully saturated rings. The second-order valence-corrected chi connectivity index (χ2v) is 9.86. The Kier molecular flexibility index (Phi) is 12.7. The lowest BCUT2D eigenvalue weighted by Gasteiger charge is -2.26. The van der Waals surface area contributed by atoms with Gasteiger partial charge in [-0.1, -0.05) is 99.6 Å². The summed E-state index contributed by atoms with van der Waals surface area (Å²) in [6.07, 6.45) is 9.81. The Morgan fingerprint density at radius 2 is 1.52 bits per heavy atom. The molecule has 1 amide bonds. The highest BCUT2D eigenvalue weighted by Crippen LogP contribution is 2.18. The van der Waals surface area contributed by atoms with Gasteiger partial charge in [0, 0.05) is 19.3 Å². The van der Waals surface area contributed by atoms with Crippen molar-refractivity contribution >= 4 is 19.8 Å². The van der Waals surface area contributed by atoms with Crippen molar-refractivity contribution in [3.63, 3.8) is 0 Å². The highest BCUT2D eigenvalue weighted by atomic mass is 31.1. The molecule has 2 nitrogen and oxygen atoms in total. The molecule has 1 atom stereocenters. The Morgan fingerprint density at radius 3 is 2.15 bits per heavy atom. The van der Waals surface area contributed by atoms with Gasteiger partial charge in [-0.15, -0.1) is 0 Å². The molecule has 154 valence electrons. The lowest BCUT2D eigenvalue weighted by Crippen LogP contribution is -2.38. The highest BCUT2D eigenvalue weighted by Gasteiger charge is 2.16. The van der Waals surface area contributed by atoms with E-state index in [1.807, 2.05) is 0 Å². The summed E-state index contributed by atoms with van der Waals surface area (Å²) >= 11 is 0. The predicted molar refractivity (Wildman–Crippen MR) is 123 cm³/mol. The van der Waals surface area contributed by atoms with Gasteiger partial charge in [-0.25, -0.2) is 0 Å². The van der Waals surface area contributed by atoms with Gasteiger partial charge in [-0.05, 0) is 35.5 Å². The van der Waals surface area contributed by atoms with Crippen LogP contribution in [0.2, 0.25) is 0 Å². The minimum absolute atomic E-state index is 0.324. The van der Waals surface area contributed by atoms with Crippen molar-refractivity contribution in [3.8, 4) is 0 Å². The van der Waals surface area contributed by atoms with Gasteiger partial charge >= 0.3 is 0 Å². The lowest BCUT2D eigenvalue weighted by atomic mass is 10.1. The SMILES string of the molecule is CCCCCCCCc1ccccc1PCC(=O)N(CC(C)C)CC(C)C. The first kappa shape index (κ1) is 24.2. The predicted octanol–water partition coefficient (Wildman–Crippen LogP) is 6.03. The van der Waals surface area contributed by atoms with Crippen LogP contribution in [0.5, 0.6) is 0 Å². The van der Waals surface area contributed by atoms with Crippen molar-refractivity contribution in [2.75, 3.05) is 19.3 Å². The molecule has 0 spiro atoms. The van der Waals surface area contributed by atoms with E-state index in [4.69, 9.17) is 0 Å². The Labute approximate surface area is 170 Å². The molecule has 0 saturated carbocycles. The van der Waals surface area contributed by atoms with Crippen LogP contribution in [0.15, 0.2) is 24.3 Å². The van der Waals surface area contributed by atoms with Gasteiger partial charge < -0.3 is 4.90 Å². The van der Waals surface area contributed by atoms with Crippen molar-refractivity contribution < 1.29 is 4.79 Å². The molecular formula is C24H42NOP. The fourth-order valence-electron chi connectivity index (χ4n) is 3.45. The van der Waals surface area contributed by atoms with Gasteiger partial charge in [0.2, 0.25) is 5.91 Å². The fourth-order valence-corrected chi connectivity index (χ4v) is 4.66. The average molecular weight is 392 g/mol. The monoisotopic (exact) mass is 391 g/mol. The third-order valence-electron chi connectivity index (χ3n) is 4.77. The number of hydrogen-bond acceptors (Lipinski definition) is 1. The van der Waals surface area contributed by atoms with Gasteiger partial charge in [-0.3, -0.25) is 4.79 Å². The van der Waals surface area contributed by atoms with Crippen molar-refractivity contribution in [1.82, 2.24) is 4.90 Å². The van der Waals surface area contributed by atoms with E-state index >= 15 is 0 Å². The number of carbonyl (C=O) groups is 1. The van der Waals surface area contributed by atoms with Crippen molar-refractivity contribution in [2.45, 2.75) is 79.6 Å². The van der Waals surface area contributed by atoms with Crippen LogP contribution in [0, 0.1) is 11.8 Å². The van der Waals surface area contributed by atoms with Gasteiger partial charge in [-0.2, -0.15) is 0 Å². The summed E-state index contributed by atoms with van der Waals surface area (Å²) < 4.78 is 0. The van der Waals surface area contributed by atoms with Crippen LogP contribution in [0.1, 0.15) is 78.7 Å². The molecule has 0 heterocycles. The van der Waals surface area contributed by atoms with Crippen LogP contribution in [0.25, 0.3) is 0 Å². The summed E-state index contributed by atoms with van der Waals surface area (Å²) in [5.74, 6) is 1.37. The number of carbonyl (C=O) groups excluding carboxylic acids is 1.